The van der Waals surface area contributed by atoms with Crippen LogP contribution in [-0.4, -0.2) is 79.9 Å². The Balaban J connectivity index is 1.20. The Labute approximate surface area is 199 Å². The van der Waals surface area contributed by atoms with Gasteiger partial charge in [-0.25, -0.2) is 0 Å². The Morgan fingerprint density at radius 3 is 2.09 bits per heavy atom. The second-order valence-corrected chi connectivity index (χ2v) is 8.67. The highest BCUT2D eigenvalue weighted by atomic mass is 16.5. The van der Waals surface area contributed by atoms with Gasteiger partial charge in [-0.05, 0) is 49.2 Å². The summed E-state index contributed by atoms with van der Waals surface area (Å²) in [5, 5.41) is 8.73. The third-order valence-electron chi connectivity index (χ3n) is 5.93. The lowest BCUT2D eigenvalue weighted by Gasteiger charge is -2.33. The summed E-state index contributed by atoms with van der Waals surface area (Å²) in [6.07, 6.45) is 2.18. The van der Waals surface area contributed by atoms with Crippen LogP contribution in [0.2, 0.25) is 0 Å². The topological polar surface area (TPSA) is 103 Å². The lowest BCUT2D eigenvalue weighted by molar-refractivity contribution is -0.123. The van der Waals surface area contributed by atoms with Crippen molar-refractivity contribution in [2.75, 3.05) is 57.0 Å². The van der Waals surface area contributed by atoms with Crippen LogP contribution in [-0.2, 0) is 9.59 Å². The molecule has 4 rings (SSSR count). The van der Waals surface area contributed by atoms with Gasteiger partial charge in [0.2, 0.25) is 11.8 Å². The quantitative estimate of drug-likeness (QED) is 0.522. The predicted octanol–water partition coefficient (Wildman–Crippen LogP) is 1.78. The number of rotatable bonds is 9. The maximum absolute atomic E-state index is 12.5. The summed E-state index contributed by atoms with van der Waals surface area (Å²) in [5.74, 6) is 0.313. The van der Waals surface area contributed by atoms with Gasteiger partial charge in [-0.1, -0.05) is 12.1 Å². The molecule has 1 saturated carbocycles. The van der Waals surface area contributed by atoms with Crippen LogP contribution in [0.1, 0.15) is 23.2 Å². The Bertz CT molecular complexity index is 1010. The van der Waals surface area contributed by atoms with Crippen molar-refractivity contribution < 1.29 is 19.1 Å². The Morgan fingerprint density at radius 2 is 1.47 bits per heavy atom. The van der Waals surface area contributed by atoms with Gasteiger partial charge in [0.15, 0.2) is 0 Å². The average Bonchev–Trinajstić information content (AvgIpc) is 3.65. The van der Waals surface area contributed by atoms with Crippen LogP contribution in [0.25, 0.3) is 0 Å². The summed E-state index contributed by atoms with van der Waals surface area (Å²) < 4.78 is 5.26. The van der Waals surface area contributed by atoms with Gasteiger partial charge < -0.3 is 20.7 Å². The molecule has 2 aromatic rings. The van der Waals surface area contributed by atoms with E-state index >= 15 is 0 Å². The molecule has 0 unspecified atom stereocenters. The summed E-state index contributed by atoms with van der Waals surface area (Å²) >= 11 is 0. The number of carbonyl (C=O) groups is 3. The number of benzene rings is 2. The number of amides is 3. The van der Waals surface area contributed by atoms with Gasteiger partial charge in [0.05, 0.1) is 25.9 Å². The SMILES string of the molecule is COc1ccccc1NC(=O)c1ccc(NC(=O)CN2CCN(CC(=O)NC3CC3)CC2)cc1. The molecular weight excluding hydrogens is 434 g/mol. The molecule has 3 N–H and O–H groups in total. The molecule has 2 aliphatic rings. The highest BCUT2D eigenvalue weighted by molar-refractivity contribution is 6.05. The van der Waals surface area contributed by atoms with Crippen LogP contribution in [0.15, 0.2) is 48.5 Å². The second kappa shape index (κ2) is 11.1. The molecule has 9 heteroatoms. The van der Waals surface area contributed by atoms with Crippen LogP contribution in [0, 0.1) is 0 Å². The number of methoxy groups -OCH3 is 1. The molecular formula is C25H31N5O4. The van der Waals surface area contributed by atoms with Gasteiger partial charge >= 0.3 is 0 Å². The fourth-order valence-corrected chi connectivity index (χ4v) is 3.86. The zero-order chi connectivity index (χ0) is 23.9. The predicted molar refractivity (Wildman–Crippen MR) is 130 cm³/mol. The van der Waals surface area contributed by atoms with Crippen molar-refractivity contribution in [3.05, 3.63) is 54.1 Å². The van der Waals surface area contributed by atoms with Crippen molar-refractivity contribution >= 4 is 29.1 Å². The lowest BCUT2D eigenvalue weighted by atomic mass is 10.2. The second-order valence-electron chi connectivity index (χ2n) is 8.67. The van der Waals surface area contributed by atoms with Gasteiger partial charge in [0, 0.05) is 43.5 Å². The minimum Gasteiger partial charge on any atom is -0.495 e. The summed E-state index contributed by atoms with van der Waals surface area (Å²) in [5.41, 5.74) is 1.70. The van der Waals surface area contributed by atoms with E-state index in [4.69, 9.17) is 4.74 Å². The van der Waals surface area contributed by atoms with E-state index in [9.17, 15) is 14.4 Å². The highest BCUT2D eigenvalue weighted by Crippen LogP contribution is 2.24. The first-order chi connectivity index (χ1) is 16.5. The van der Waals surface area contributed by atoms with Gasteiger partial charge in [0.1, 0.15) is 5.75 Å². The Morgan fingerprint density at radius 1 is 0.853 bits per heavy atom. The zero-order valence-electron chi connectivity index (χ0n) is 19.4. The number of piperazine rings is 1. The van der Waals surface area contributed by atoms with Crippen molar-refractivity contribution in [3.63, 3.8) is 0 Å². The van der Waals surface area contributed by atoms with Crippen LogP contribution < -0.4 is 20.7 Å². The van der Waals surface area contributed by atoms with Crippen molar-refractivity contribution in [1.29, 1.82) is 0 Å². The average molecular weight is 466 g/mol. The third kappa shape index (κ3) is 6.79. The number of ether oxygens (including phenoxy) is 1. The number of hydrogen-bond acceptors (Lipinski definition) is 6. The first-order valence-electron chi connectivity index (χ1n) is 11.6. The number of carbonyl (C=O) groups excluding carboxylic acids is 3. The lowest BCUT2D eigenvalue weighted by Crippen LogP contribution is -2.51. The minimum absolute atomic E-state index is 0.0914. The fourth-order valence-electron chi connectivity index (χ4n) is 3.86. The first kappa shape index (κ1) is 23.7. The van der Waals surface area contributed by atoms with E-state index in [2.05, 4.69) is 25.8 Å². The molecule has 0 aromatic heterocycles. The maximum Gasteiger partial charge on any atom is 0.255 e. The fraction of sp³-hybridized carbons (Fsp3) is 0.400. The van der Waals surface area contributed by atoms with E-state index in [0.29, 0.717) is 35.3 Å². The number of para-hydroxylation sites is 2. The standard InChI is InChI=1S/C25H31N5O4/c1-34-22-5-3-2-4-21(22)28-25(33)18-6-8-19(9-7-18)26-23(31)16-29-12-14-30(15-13-29)17-24(32)27-20-10-11-20/h2-9,20H,10-17H2,1H3,(H,26,31)(H,27,32)(H,28,33). The largest absolute Gasteiger partial charge is 0.495 e. The highest BCUT2D eigenvalue weighted by Gasteiger charge is 2.25. The van der Waals surface area contributed by atoms with E-state index in [-0.39, 0.29) is 24.3 Å². The van der Waals surface area contributed by atoms with Crippen LogP contribution in [0.5, 0.6) is 5.75 Å². The molecule has 9 nitrogen and oxygen atoms in total. The van der Waals surface area contributed by atoms with Gasteiger partial charge in [-0.15, -0.1) is 0 Å². The van der Waals surface area contributed by atoms with E-state index < -0.39 is 0 Å². The molecule has 0 bridgehead atoms. The summed E-state index contributed by atoms with van der Waals surface area (Å²) in [6, 6.07) is 14.4. The third-order valence-corrected chi connectivity index (χ3v) is 5.93. The normalized spacial score (nSPS) is 16.5. The molecule has 1 aliphatic heterocycles. The van der Waals surface area contributed by atoms with Crippen molar-refractivity contribution in [1.82, 2.24) is 15.1 Å². The summed E-state index contributed by atoms with van der Waals surface area (Å²) in [4.78, 5) is 41.2. The molecule has 1 heterocycles. The molecule has 1 aliphatic carbocycles. The monoisotopic (exact) mass is 465 g/mol. The molecule has 3 amide bonds. The van der Waals surface area contributed by atoms with Gasteiger partial charge in [-0.2, -0.15) is 0 Å². The maximum atomic E-state index is 12.5. The van der Waals surface area contributed by atoms with Crippen molar-refractivity contribution in [3.8, 4) is 5.75 Å². The van der Waals surface area contributed by atoms with Gasteiger partial charge in [-0.3, -0.25) is 24.2 Å². The molecule has 0 radical (unpaired) electrons. The van der Waals surface area contributed by atoms with E-state index in [0.717, 1.165) is 39.0 Å². The van der Waals surface area contributed by atoms with Crippen LogP contribution in [0.3, 0.4) is 0 Å². The molecule has 180 valence electrons. The zero-order valence-corrected chi connectivity index (χ0v) is 19.4. The van der Waals surface area contributed by atoms with E-state index in [1.54, 1.807) is 43.5 Å². The number of nitrogens with zero attached hydrogens (tertiary/aromatic N) is 2. The number of nitrogens with one attached hydrogen (secondary N) is 3. The molecule has 2 fully saturated rings. The molecule has 1 saturated heterocycles. The Kier molecular flexibility index (Phi) is 7.76. The van der Waals surface area contributed by atoms with Crippen molar-refractivity contribution in [2.45, 2.75) is 18.9 Å². The smallest absolute Gasteiger partial charge is 0.255 e. The Hall–Kier alpha value is -3.43. The van der Waals surface area contributed by atoms with E-state index in [1.807, 2.05) is 12.1 Å². The summed E-state index contributed by atoms with van der Waals surface area (Å²) in [6.45, 7) is 3.73. The molecule has 2 aromatic carbocycles. The van der Waals surface area contributed by atoms with Gasteiger partial charge in [0.25, 0.3) is 5.91 Å². The van der Waals surface area contributed by atoms with Crippen molar-refractivity contribution in [2.24, 2.45) is 0 Å². The van der Waals surface area contributed by atoms with Crippen LogP contribution >= 0.6 is 0 Å². The molecule has 0 atom stereocenters. The van der Waals surface area contributed by atoms with E-state index in [1.165, 1.54) is 0 Å². The number of hydrogen-bond donors (Lipinski definition) is 3. The number of anilines is 2. The minimum atomic E-state index is -0.258. The molecule has 34 heavy (non-hydrogen) atoms. The molecule has 0 spiro atoms. The summed E-state index contributed by atoms with van der Waals surface area (Å²) in [7, 11) is 1.55. The van der Waals surface area contributed by atoms with Crippen LogP contribution in [0.4, 0.5) is 11.4 Å². The first-order valence-corrected chi connectivity index (χ1v) is 11.6.